The number of alkyl halides is 3. The van der Waals surface area contributed by atoms with E-state index >= 15 is 0 Å². The van der Waals surface area contributed by atoms with E-state index in [1.807, 2.05) is 0 Å². The van der Waals surface area contributed by atoms with Crippen molar-refractivity contribution in [3.63, 3.8) is 0 Å². The van der Waals surface area contributed by atoms with Crippen molar-refractivity contribution in [1.29, 1.82) is 0 Å². The number of benzene rings is 1. The second-order valence-electron chi connectivity index (χ2n) is 6.37. The summed E-state index contributed by atoms with van der Waals surface area (Å²) in [5, 5.41) is -1.11. The van der Waals surface area contributed by atoms with Gasteiger partial charge in [0.25, 0.3) is 0 Å². The molecule has 1 aromatic carbocycles. The van der Waals surface area contributed by atoms with Crippen LogP contribution in [0.2, 0.25) is 0 Å². The van der Waals surface area contributed by atoms with E-state index in [1.54, 1.807) is 0 Å². The summed E-state index contributed by atoms with van der Waals surface area (Å²) in [6.07, 6.45) is -0.633. The van der Waals surface area contributed by atoms with Crippen LogP contribution in [0.5, 0.6) is 0 Å². The molecule has 0 radical (unpaired) electrons. The zero-order chi connectivity index (χ0) is 19.4. The van der Waals surface area contributed by atoms with Gasteiger partial charge in [-0.15, -0.1) is 0 Å². The Morgan fingerprint density at radius 1 is 1.11 bits per heavy atom. The van der Waals surface area contributed by atoms with Gasteiger partial charge in [0.15, 0.2) is 15.7 Å². The molecular weight excluding hydrogens is 386 g/mol. The smallest absolute Gasteiger partial charge is 0.343 e. The molecule has 4 rings (SSSR count). The van der Waals surface area contributed by atoms with E-state index in [1.165, 1.54) is 18.5 Å². The predicted molar refractivity (Wildman–Crippen MR) is 89.1 cm³/mol. The van der Waals surface area contributed by atoms with Crippen molar-refractivity contribution >= 4 is 20.7 Å². The van der Waals surface area contributed by atoms with Gasteiger partial charge in [-0.2, -0.15) is 13.2 Å². The van der Waals surface area contributed by atoms with Crippen LogP contribution < -0.4 is 0 Å². The van der Waals surface area contributed by atoms with Gasteiger partial charge in [-0.05, 0) is 31.0 Å². The lowest BCUT2D eigenvalue weighted by atomic mass is 10.00. The third kappa shape index (κ3) is 2.88. The summed E-state index contributed by atoms with van der Waals surface area (Å²) in [5.74, 6) is -1.45. The summed E-state index contributed by atoms with van der Waals surface area (Å²) in [5.41, 5.74) is -2.03. The van der Waals surface area contributed by atoms with Gasteiger partial charge in [0.2, 0.25) is 0 Å². The fraction of sp³-hybridized carbons (Fsp3) is 0.294. The largest absolute Gasteiger partial charge is 0.417 e. The summed E-state index contributed by atoms with van der Waals surface area (Å²) in [6, 6.07) is 2.82. The van der Waals surface area contributed by atoms with Crippen molar-refractivity contribution in [1.82, 2.24) is 15.0 Å². The number of fused-ring (bicyclic) bond motifs is 1. The fourth-order valence-electron chi connectivity index (χ4n) is 3.14. The molecule has 5 nitrogen and oxygen atoms in total. The van der Waals surface area contributed by atoms with Crippen LogP contribution in [0, 0.1) is 5.82 Å². The molecule has 0 spiro atoms. The Kier molecular flexibility index (Phi) is 3.99. The minimum Gasteiger partial charge on any atom is -0.343 e. The van der Waals surface area contributed by atoms with Gasteiger partial charge in [-0.3, -0.25) is 0 Å². The average Bonchev–Trinajstić information content (AvgIpc) is 2.99. The van der Waals surface area contributed by atoms with E-state index < -0.39 is 38.2 Å². The van der Waals surface area contributed by atoms with E-state index in [0.717, 1.165) is 12.5 Å². The van der Waals surface area contributed by atoms with Crippen LogP contribution in [0.15, 0.2) is 35.6 Å². The van der Waals surface area contributed by atoms with Gasteiger partial charge < -0.3 is 4.98 Å². The second-order valence-corrected chi connectivity index (χ2v) is 8.57. The summed E-state index contributed by atoms with van der Waals surface area (Å²) >= 11 is 0. The van der Waals surface area contributed by atoms with Crippen molar-refractivity contribution in [3.8, 4) is 11.4 Å². The third-order valence-electron chi connectivity index (χ3n) is 4.73. The normalized spacial score (nSPS) is 15.9. The standard InChI is InChI=1S/C17H13F4N3O2S/c18-12-8-11(17(19,20)21)14(16-22-5-2-6-23-16)10-7-13(24-15(10)12)27(25,26)9-3-1-4-9/h2,5-9,24H,1,3-4H2. The van der Waals surface area contributed by atoms with E-state index in [0.29, 0.717) is 18.9 Å². The lowest BCUT2D eigenvalue weighted by Crippen LogP contribution is -2.28. The van der Waals surface area contributed by atoms with Crippen LogP contribution in [0.25, 0.3) is 22.3 Å². The number of H-pyrrole nitrogens is 1. The molecule has 3 aromatic rings. The van der Waals surface area contributed by atoms with Gasteiger partial charge in [0.1, 0.15) is 10.8 Å². The maximum Gasteiger partial charge on any atom is 0.417 e. The summed E-state index contributed by atoms with van der Waals surface area (Å²) < 4.78 is 80.2. The molecule has 0 unspecified atom stereocenters. The number of nitrogens with one attached hydrogen (secondary N) is 1. The molecule has 0 amide bonds. The predicted octanol–water partition coefficient (Wildman–Crippen LogP) is 4.11. The Labute approximate surface area is 151 Å². The van der Waals surface area contributed by atoms with Crippen molar-refractivity contribution in [2.24, 2.45) is 0 Å². The molecule has 1 aliphatic rings. The number of aromatic amines is 1. The highest BCUT2D eigenvalue weighted by Gasteiger charge is 2.38. The molecule has 27 heavy (non-hydrogen) atoms. The molecule has 0 aliphatic heterocycles. The molecule has 10 heteroatoms. The number of hydrogen-bond donors (Lipinski definition) is 1. The maximum atomic E-state index is 14.4. The Morgan fingerprint density at radius 2 is 1.78 bits per heavy atom. The minimum atomic E-state index is -4.87. The first-order valence-electron chi connectivity index (χ1n) is 8.13. The molecule has 1 N–H and O–H groups in total. The Hall–Kier alpha value is -2.49. The number of sulfone groups is 1. The molecule has 1 saturated carbocycles. The van der Waals surface area contributed by atoms with Crippen LogP contribution in [-0.4, -0.2) is 28.6 Å². The minimum absolute atomic E-state index is 0.216. The van der Waals surface area contributed by atoms with Crippen LogP contribution >= 0.6 is 0 Å². The highest BCUT2D eigenvalue weighted by molar-refractivity contribution is 7.92. The lowest BCUT2D eigenvalue weighted by Gasteiger charge is -2.24. The fourth-order valence-corrected chi connectivity index (χ4v) is 4.98. The molecule has 0 saturated heterocycles. The van der Waals surface area contributed by atoms with Crippen molar-refractivity contribution in [2.45, 2.75) is 35.7 Å². The highest BCUT2D eigenvalue weighted by Crippen LogP contribution is 2.42. The summed E-state index contributed by atoms with van der Waals surface area (Å²) in [4.78, 5) is 10.1. The SMILES string of the molecule is O=S(=O)(c1cc2c(-c3ncccn3)c(C(F)(F)F)cc(F)c2[nH]1)C1CCC1. The maximum absolute atomic E-state index is 14.4. The molecule has 0 atom stereocenters. The van der Waals surface area contributed by atoms with Crippen molar-refractivity contribution in [3.05, 3.63) is 42.0 Å². The first-order chi connectivity index (χ1) is 12.7. The number of aromatic nitrogens is 3. The average molecular weight is 399 g/mol. The number of hydrogen-bond acceptors (Lipinski definition) is 4. The van der Waals surface area contributed by atoms with Crippen molar-refractivity contribution in [2.75, 3.05) is 0 Å². The molecule has 2 aromatic heterocycles. The van der Waals surface area contributed by atoms with E-state index in [9.17, 15) is 26.0 Å². The molecule has 2 heterocycles. The summed E-state index contributed by atoms with van der Waals surface area (Å²) in [7, 11) is -3.77. The Bertz CT molecular complexity index is 1120. The zero-order valence-corrected chi connectivity index (χ0v) is 14.5. The number of nitrogens with zero attached hydrogens (tertiary/aromatic N) is 2. The van der Waals surface area contributed by atoms with Crippen LogP contribution in [0.1, 0.15) is 24.8 Å². The quantitative estimate of drug-likeness (QED) is 0.673. The van der Waals surface area contributed by atoms with E-state index in [4.69, 9.17) is 0 Å². The molecule has 142 valence electrons. The Balaban J connectivity index is 2.04. The van der Waals surface area contributed by atoms with E-state index in [-0.39, 0.29) is 21.8 Å². The molecule has 0 bridgehead atoms. The number of halogens is 4. The monoisotopic (exact) mass is 399 g/mol. The van der Waals surface area contributed by atoms with Gasteiger partial charge in [-0.25, -0.2) is 22.8 Å². The number of rotatable bonds is 3. The third-order valence-corrected chi connectivity index (χ3v) is 6.92. The van der Waals surface area contributed by atoms with Gasteiger partial charge in [-0.1, -0.05) is 6.42 Å². The topological polar surface area (TPSA) is 75.7 Å². The highest BCUT2D eigenvalue weighted by atomic mass is 32.2. The van der Waals surface area contributed by atoms with Crippen LogP contribution in [0.4, 0.5) is 17.6 Å². The van der Waals surface area contributed by atoms with E-state index in [2.05, 4.69) is 15.0 Å². The molecule has 1 aliphatic carbocycles. The van der Waals surface area contributed by atoms with Gasteiger partial charge in [0.05, 0.1) is 16.3 Å². The summed E-state index contributed by atoms with van der Waals surface area (Å²) in [6.45, 7) is 0. The Morgan fingerprint density at radius 3 is 2.33 bits per heavy atom. The van der Waals surface area contributed by atoms with Crippen LogP contribution in [0.3, 0.4) is 0 Å². The van der Waals surface area contributed by atoms with Gasteiger partial charge >= 0.3 is 6.18 Å². The van der Waals surface area contributed by atoms with Crippen LogP contribution in [-0.2, 0) is 16.0 Å². The van der Waals surface area contributed by atoms with Gasteiger partial charge in [0, 0.05) is 23.3 Å². The zero-order valence-electron chi connectivity index (χ0n) is 13.7. The first kappa shape index (κ1) is 17.9. The first-order valence-corrected chi connectivity index (χ1v) is 9.68. The second kappa shape index (κ2) is 6.01. The molecular formula is C17H13F4N3O2S. The molecule has 1 fully saturated rings. The van der Waals surface area contributed by atoms with Crippen molar-refractivity contribution < 1.29 is 26.0 Å². The lowest BCUT2D eigenvalue weighted by molar-refractivity contribution is -0.137.